The number of aromatic nitrogens is 2. The average Bonchev–Trinajstić information content (AvgIpc) is 2.40. The molecule has 2 aromatic rings. The van der Waals surface area contributed by atoms with Crippen LogP contribution in [0.4, 0.5) is 0 Å². The van der Waals surface area contributed by atoms with Crippen LogP contribution in [0.2, 0.25) is 0 Å². The molecule has 1 aromatic carbocycles. The van der Waals surface area contributed by atoms with Crippen molar-refractivity contribution in [2.75, 3.05) is 12.9 Å². The Morgan fingerprint density at radius 1 is 1.06 bits per heavy atom. The Bertz CT molecular complexity index is 468. The molecular weight excluding hydrogens is 232 g/mol. The second kappa shape index (κ2) is 5.68. The number of hydrogen-bond acceptors (Lipinski definition) is 4. The Balaban J connectivity index is 2.20. The van der Waals surface area contributed by atoms with Crippen molar-refractivity contribution in [1.29, 1.82) is 0 Å². The van der Waals surface area contributed by atoms with Gasteiger partial charge in [0.15, 0.2) is 5.16 Å². The summed E-state index contributed by atoms with van der Waals surface area (Å²) < 4.78 is 5.12. The van der Waals surface area contributed by atoms with Crippen LogP contribution in [0.5, 0.6) is 5.75 Å². The van der Waals surface area contributed by atoms with Gasteiger partial charge < -0.3 is 4.74 Å². The summed E-state index contributed by atoms with van der Waals surface area (Å²) in [6.45, 7) is 2.09. The second-order valence-electron chi connectivity index (χ2n) is 3.42. The molecule has 0 saturated heterocycles. The summed E-state index contributed by atoms with van der Waals surface area (Å²) in [5.74, 6) is 1.84. The Kier molecular flexibility index (Phi) is 3.98. The van der Waals surface area contributed by atoms with Crippen molar-refractivity contribution in [3.8, 4) is 16.9 Å². The molecule has 1 aromatic heterocycles. The Morgan fingerprint density at radius 3 is 2.24 bits per heavy atom. The van der Waals surface area contributed by atoms with Crippen molar-refractivity contribution >= 4 is 11.8 Å². The van der Waals surface area contributed by atoms with E-state index in [9.17, 15) is 0 Å². The fourth-order valence-electron chi connectivity index (χ4n) is 1.45. The quantitative estimate of drug-likeness (QED) is 0.612. The van der Waals surface area contributed by atoms with Crippen molar-refractivity contribution in [2.45, 2.75) is 12.1 Å². The summed E-state index contributed by atoms with van der Waals surface area (Å²) in [6.07, 6.45) is 3.71. The number of methoxy groups -OCH3 is 1. The van der Waals surface area contributed by atoms with Crippen molar-refractivity contribution in [1.82, 2.24) is 9.97 Å². The molecule has 0 spiro atoms. The van der Waals surface area contributed by atoms with Gasteiger partial charge in [0.1, 0.15) is 5.75 Å². The van der Waals surface area contributed by atoms with E-state index >= 15 is 0 Å². The number of thioether (sulfide) groups is 1. The smallest absolute Gasteiger partial charge is 0.187 e. The van der Waals surface area contributed by atoms with Gasteiger partial charge in [-0.15, -0.1) is 0 Å². The van der Waals surface area contributed by atoms with Crippen molar-refractivity contribution in [3.05, 3.63) is 36.7 Å². The fraction of sp³-hybridized carbons (Fsp3) is 0.231. The van der Waals surface area contributed by atoms with Gasteiger partial charge in [0.2, 0.25) is 0 Å². The standard InChI is InChI=1S/C13H14N2OS/c1-3-17-13-14-8-11(9-15-13)10-4-6-12(16-2)7-5-10/h4-9H,3H2,1-2H3. The summed E-state index contributed by atoms with van der Waals surface area (Å²) in [5.41, 5.74) is 2.12. The first-order valence-electron chi connectivity index (χ1n) is 5.42. The predicted octanol–water partition coefficient (Wildman–Crippen LogP) is 3.26. The highest BCUT2D eigenvalue weighted by Gasteiger charge is 2.00. The molecule has 0 bridgehead atoms. The van der Waals surface area contributed by atoms with Crippen molar-refractivity contribution in [2.24, 2.45) is 0 Å². The van der Waals surface area contributed by atoms with Gasteiger partial charge in [-0.1, -0.05) is 30.8 Å². The molecule has 4 heteroatoms. The third-order valence-corrected chi connectivity index (χ3v) is 3.08. The molecule has 0 aliphatic rings. The lowest BCUT2D eigenvalue weighted by Crippen LogP contribution is -1.88. The van der Waals surface area contributed by atoms with E-state index in [2.05, 4.69) is 16.9 Å². The van der Waals surface area contributed by atoms with Gasteiger partial charge in [0, 0.05) is 18.0 Å². The first-order valence-corrected chi connectivity index (χ1v) is 6.41. The third kappa shape index (κ3) is 2.97. The molecule has 1 heterocycles. The molecule has 0 aliphatic carbocycles. The summed E-state index contributed by atoms with van der Waals surface area (Å²) in [5, 5.41) is 0.824. The maximum atomic E-state index is 5.12. The minimum Gasteiger partial charge on any atom is -0.497 e. The van der Waals surface area contributed by atoms with Crippen LogP contribution in [0.1, 0.15) is 6.92 Å². The number of nitrogens with zero attached hydrogens (tertiary/aromatic N) is 2. The third-order valence-electron chi connectivity index (χ3n) is 2.32. The Morgan fingerprint density at radius 2 is 1.71 bits per heavy atom. The van der Waals surface area contributed by atoms with Gasteiger partial charge in [-0.3, -0.25) is 0 Å². The highest BCUT2D eigenvalue weighted by atomic mass is 32.2. The number of benzene rings is 1. The van der Waals surface area contributed by atoms with Crippen molar-refractivity contribution < 1.29 is 4.74 Å². The molecule has 2 rings (SSSR count). The monoisotopic (exact) mass is 246 g/mol. The van der Waals surface area contributed by atoms with E-state index in [-0.39, 0.29) is 0 Å². The lowest BCUT2D eigenvalue weighted by Gasteiger charge is -2.03. The molecule has 3 nitrogen and oxygen atoms in total. The molecule has 0 aliphatic heterocycles. The van der Waals surface area contributed by atoms with Gasteiger partial charge in [-0.2, -0.15) is 0 Å². The van der Waals surface area contributed by atoms with Crippen LogP contribution in [-0.4, -0.2) is 22.8 Å². The molecule has 0 saturated carbocycles. The molecule has 0 fully saturated rings. The summed E-state index contributed by atoms with van der Waals surface area (Å²) in [7, 11) is 1.66. The Hall–Kier alpha value is -1.55. The van der Waals surface area contributed by atoms with E-state index < -0.39 is 0 Å². The van der Waals surface area contributed by atoms with Gasteiger partial charge >= 0.3 is 0 Å². The van der Waals surface area contributed by atoms with Crippen molar-refractivity contribution in [3.63, 3.8) is 0 Å². The van der Waals surface area contributed by atoms with Gasteiger partial charge in [-0.05, 0) is 23.4 Å². The topological polar surface area (TPSA) is 35.0 Å². The molecule has 0 amide bonds. The lowest BCUT2D eigenvalue weighted by atomic mass is 10.1. The number of hydrogen-bond donors (Lipinski definition) is 0. The van der Waals surface area contributed by atoms with Crippen LogP contribution in [0.25, 0.3) is 11.1 Å². The lowest BCUT2D eigenvalue weighted by molar-refractivity contribution is 0.415. The minimum absolute atomic E-state index is 0.824. The molecule has 17 heavy (non-hydrogen) atoms. The second-order valence-corrected chi connectivity index (χ2v) is 4.65. The normalized spacial score (nSPS) is 10.2. The first kappa shape index (κ1) is 11.9. The SMILES string of the molecule is CCSc1ncc(-c2ccc(OC)cc2)cn1. The van der Waals surface area contributed by atoms with E-state index in [1.165, 1.54) is 0 Å². The summed E-state index contributed by atoms with van der Waals surface area (Å²) in [6, 6.07) is 7.88. The maximum absolute atomic E-state index is 5.12. The van der Waals surface area contributed by atoms with Gasteiger partial charge in [0.25, 0.3) is 0 Å². The highest BCUT2D eigenvalue weighted by molar-refractivity contribution is 7.99. The first-order chi connectivity index (χ1) is 8.33. The molecule has 0 atom stereocenters. The summed E-state index contributed by atoms with van der Waals surface area (Å²) in [4.78, 5) is 8.62. The average molecular weight is 246 g/mol. The molecular formula is C13H14N2OS. The predicted molar refractivity (Wildman–Crippen MR) is 70.4 cm³/mol. The van der Waals surface area contributed by atoms with Crippen LogP contribution in [0.15, 0.2) is 41.8 Å². The van der Waals surface area contributed by atoms with Crippen LogP contribution in [0, 0.1) is 0 Å². The minimum atomic E-state index is 0.824. The van der Waals surface area contributed by atoms with E-state index in [0.29, 0.717) is 0 Å². The molecule has 88 valence electrons. The van der Waals surface area contributed by atoms with E-state index in [1.807, 2.05) is 36.7 Å². The van der Waals surface area contributed by atoms with Gasteiger partial charge in [0.05, 0.1) is 7.11 Å². The zero-order chi connectivity index (χ0) is 12.1. The maximum Gasteiger partial charge on any atom is 0.187 e. The largest absolute Gasteiger partial charge is 0.497 e. The van der Waals surface area contributed by atoms with Gasteiger partial charge in [-0.25, -0.2) is 9.97 Å². The zero-order valence-corrected chi connectivity index (χ0v) is 10.7. The van der Waals surface area contributed by atoms with Crippen LogP contribution in [0.3, 0.4) is 0 Å². The number of ether oxygens (including phenoxy) is 1. The fourth-order valence-corrected chi connectivity index (χ4v) is 1.97. The van der Waals surface area contributed by atoms with Crippen LogP contribution < -0.4 is 4.74 Å². The number of rotatable bonds is 4. The highest BCUT2D eigenvalue weighted by Crippen LogP contribution is 2.22. The zero-order valence-electron chi connectivity index (χ0n) is 9.88. The van der Waals surface area contributed by atoms with Crippen LogP contribution in [-0.2, 0) is 0 Å². The van der Waals surface area contributed by atoms with Crippen LogP contribution >= 0.6 is 11.8 Å². The molecule has 0 radical (unpaired) electrons. The summed E-state index contributed by atoms with van der Waals surface area (Å²) >= 11 is 1.64. The van der Waals surface area contributed by atoms with E-state index in [1.54, 1.807) is 18.9 Å². The molecule has 0 N–H and O–H groups in total. The van der Waals surface area contributed by atoms with E-state index in [4.69, 9.17) is 4.74 Å². The van der Waals surface area contributed by atoms with E-state index in [0.717, 1.165) is 27.8 Å². The Labute approximate surface area is 105 Å². The molecule has 0 unspecified atom stereocenters.